The molecule has 1 unspecified atom stereocenters. The van der Waals surface area contributed by atoms with E-state index in [1.54, 1.807) is 0 Å². The number of nitrogens with zero attached hydrogens (tertiary/aromatic N) is 3. The first-order valence-electron chi connectivity index (χ1n) is 9.69. The molecule has 1 aliphatic heterocycles. The van der Waals surface area contributed by atoms with Crippen molar-refractivity contribution < 1.29 is 4.79 Å². The van der Waals surface area contributed by atoms with Gasteiger partial charge in [-0.2, -0.15) is 5.10 Å². The lowest BCUT2D eigenvalue weighted by molar-refractivity contribution is -0.128. The van der Waals surface area contributed by atoms with Crippen molar-refractivity contribution in [3.8, 4) is 0 Å². The number of aromatic nitrogens is 2. The van der Waals surface area contributed by atoms with Gasteiger partial charge in [0.25, 0.3) is 0 Å². The zero-order chi connectivity index (χ0) is 16.9. The summed E-state index contributed by atoms with van der Waals surface area (Å²) in [4.78, 5) is 14.4. The quantitative estimate of drug-likeness (QED) is 0.835. The first kappa shape index (κ1) is 17.5. The molecule has 1 saturated heterocycles. The smallest absolute Gasteiger partial charge is 0.224 e. The van der Waals surface area contributed by atoms with Crippen LogP contribution in [0.3, 0.4) is 0 Å². The predicted octanol–water partition coefficient (Wildman–Crippen LogP) is 2.87. The van der Waals surface area contributed by atoms with Gasteiger partial charge in [-0.05, 0) is 32.1 Å². The molecule has 1 amide bonds. The van der Waals surface area contributed by atoms with Crippen LogP contribution < -0.4 is 5.32 Å². The maximum Gasteiger partial charge on any atom is 0.224 e. The lowest BCUT2D eigenvalue weighted by Crippen LogP contribution is -2.35. The second-order valence-corrected chi connectivity index (χ2v) is 7.56. The minimum absolute atomic E-state index is 0.287. The van der Waals surface area contributed by atoms with Crippen LogP contribution >= 0.6 is 0 Å². The van der Waals surface area contributed by atoms with Crippen molar-refractivity contribution in [1.82, 2.24) is 20.0 Å². The van der Waals surface area contributed by atoms with E-state index < -0.39 is 0 Å². The average Bonchev–Trinajstić information content (AvgIpc) is 3.11. The Kier molecular flexibility index (Phi) is 5.93. The van der Waals surface area contributed by atoms with Gasteiger partial charge in [-0.1, -0.05) is 26.2 Å². The molecule has 2 fully saturated rings. The van der Waals surface area contributed by atoms with Crippen molar-refractivity contribution in [1.29, 1.82) is 0 Å². The van der Waals surface area contributed by atoms with Crippen molar-refractivity contribution >= 4 is 5.91 Å². The number of nitrogens with one attached hydrogen (secondary N) is 1. The summed E-state index contributed by atoms with van der Waals surface area (Å²) in [5.41, 5.74) is 2.49. The van der Waals surface area contributed by atoms with E-state index in [0.717, 1.165) is 38.5 Å². The Bertz CT molecular complexity index is 548. The molecule has 0 bridgehead atoms. The van der Waals surface area contributed by atoms with Crippen molar-refractivity contribution in [3.05, 3.63) is 17.5 Å². The van der Waals surface area contributed by atoms with Crippen LogP contribution in [0.2, 0.25) is 0 Å². The Morgan fingerprint density at radius 3 is 2.83 bits per heavy atom. The summed E-state index contributed by atoms with van der Waals surface area (Å²) in [5.74, 6) is 1.06. The van der Waals surface area contributed by atoms with E-state index in [4.69, 9.17) is 0 Å². The Labute approximate surface area is 145 Å². The molecule has 1 atom stereocenters. The van der Waals surface area contributed by atoms with Crippen LogP contribution in [0.5, 0.6) is 0 Å². The van der Waals surface area contributed by atoms with Crippen molar-refractivity contribution in [2.24, 2.45) is 5.92 Å². The molecular formula is C19H32N4O. The largest absolute Gasteiger partial charge is 0.341 e. The summed E-state index contributed by atoms with van der Waals surface area (Å²) in [6.07, 6.45) is 10.4. The summed E-state index contributed by atoms with van der Waals surface area (Å²) < 4.78 is 2.08. The van der Waals surface area contributed by atoms with Gasteiger partial charge in [-0.25, -0.2) is 0 Å². The number of likely N-dealkylation sites (tertiary alicyclic amines) is 1. The highest BCUT2D eigenvalue weighted by molar-refractivity contribution is 5.79. The molecule has 3 rings (SSSR count). The van der Waals surface area contributed by atoms with E-state index in [1.807, 2.05) is 6.20 Å². The Morgan fingerprint density at radius 1 is 1.29 bits per heavy atom. The number of hydrogen-bond acceptors (Lipinski definition) is 3. The Balaban J connectivity index is 1.47. The van der Waals surface area contributed by atoms with Crippen LogP contribution in [-0.2, 0) is 17.9 Å². The van der Waals surface area contributed by atoms with Crippen LogP contribution in [-0.4, -0.2) is 39.7 Å². The lowest BCUT2D eigenvalue weighted by Gasteiger charge is -2.27. The minimum atomic E-state index is 0.287. The molecule has 1 saturated carbocycles. The maximum atomic E-state index is 12.3. The number of aryl methyl sites for hydroxylation is 1. The zero-order valence-corrected chi connectivity index (χ0v) is 15.3. The molecule has 0 aromatic carbocycles. The first-order valence-corrected chi connectivity index (χ1v) is 9.69. The van der Waals surface area contributed by atoms with Crippen molar-refractivity contribution in [2.75, 3.05) is 13.1 Å². The van der Waals surface area contributed by atoms with Crippen LogP contribution in [0.4, 0.5) is 0 Å². The van der Waals surface area contributed by atoms with Crippen LogP contribution in [0.25, 0.3) is 0 Å². The summed E-state index contributed by atoms with van der Waals surface area (Å²) >= 11 is 0. The summed E-state index contributed by atoms with van der Waals surface area (Å²) in [5, 5.41) is 8.03. The highest BCUT2D eigenvalue weighted by Gasteiger charge is 2.31. The molecule has 1 aromatic heterocycles. The molecule has 24 heavy (non-hydrogen) atoms. The van der Waals surface area contributed by atoms with Gasteiger partial charge in [0.15, 0.2) is 0 Å². The SMILES string of the molecule is CCCn1ncc(CNC2CC(=O)N(CC3CCCCC3)C2)c1C. The molecule has 5 nitrogen and oxygen atoms in total. The van der Waals surface area contributed by atoms with Gasteiger partial charge in [-0.15, -0.1) is 0 Å². The standard InChI is InChI=1S/C19H32N4O/c1-3-9-23-15(2)17(12-21-23)11-20-18-10-19(24)22(14-18)13-16-7-5-4-6-8-16/h12,16,18,20H,3-11,13-14H2,1-2H3. The molecule has 1 N–H and O–H groups in total. The zero-order valence-electron chi connectivity index (χ0n) is 15.3. The third-order valence-corrected chi connectivity index (χ3v) is 5.64. The molecule has 0 radical (unpaired) electrons. The molecule has 1 aromatic rings. The number of hydrogen-bond donors (Lipinski definition) is 1. The second-order valence-electron chi connectivity index (χ2n) is 7.56. The van der Waals surface area contributed by atoms with Gasteiger partial charge in [0.05, 0.1) is 6.20 Å². The Morgan fingerprint density at radius 2 is 2.08 bits per heavy atom. The van der Waals surface area contributed by atoms with Crippen LogP contribution in [0, 0.1) is 12.8 Å². The average molecular weight is 332 g/mol. The van der Waals surface area contributed by atoms with Crippen LogP contribution in [0.15, 0.2) is 6.20 Å². The second kappa shape index (κ2) is 8.15. The van der Waals surface area contributed by atoms with Gasteiger partial charge < -0.3 is 10.2 Å². The first-order chi connectivity index (χ1) is 11.7. The number of rotatable bonds is 7. The van der Waals surface area contributed by atoms with Gasteiger partial charge in [0.1, 0.15) is 0 Å². The minimum Gasteiger partial charge on any atom is -0.341 e. The maximum absolute atomic E-state index is 12.3. The third-order valence-electron chi connectivity index (χ3n) is 5.64. The van der Waals surface area contributed by atoms with E-state index >= 15 is 0 Å². The fraction of sp³-hybridized carbons (Fsp3) is 0.789. The van der Waals surface area contributed by atoms with Gasteiger partial charge in [0.2, 0.25) is 5.91 Å². The summed E-state index contributed by atoms with van der Waals surface area (Å²) in [6, 6.07) is 0.287. The highest BCUT2D eigenvalue weighted by atomic mass is 16.2. The van der Waals surface area contributed by atoms with Gasteiger partial charge in [-0.3, -0.25) is 9.48 Å². The highest BCUT2D eigenvalue weighted by Crippen LogP contribution is 2.26. The molecule has 5 heteroatoms. The predicted molar refractivity (Wildman–Crippen MR) is 95.7 cm³/mol. The molecular weight excluding hydrogens is 300 g/mol. The fourth-order valence-electron chi connectivity index (χ4n) is 4.12. The van der Waals surface area contributed by atoms with Gasteiger partial charge >= 0.3 is 0 Å². The molecule has 1 aliphatic carbocycles. The van der Waals surface area contributed by atoms with Gasteiger partial charge in [0, 0.05) is 49.9 Å². The summed E-state index contributed by atoms with van der Waals surface area (Å²) in [7, 11) is 0. The van der Waals surface area contributed by atoms with E-state index in [2.05, 4.69) is 33.8 Å². The number of carbonyl (C=O) groups is 1. The van der Waals surface area contributed by atoms with E-state index in [0.29, 0.717) is 12.3 Å². The molecule has 134 valence electrons. The number of amides is 1. The normalized spacial score (nSPS) is 22.5. The molecule has 2 heterocycles. The number of carbonyl (C=O) groups excluding carboxylic acids is 1. The topological polar surface area (TPSA) is 50.2 Å². The monoisotopic (exact) mass is 332 g/mol. The van der Waals surface area contributed by atoms with E-state index in [-0.39, 0.29) is 6.04 Å². The molecule has 2 aliphatic rings. The van der Waals surface area contributed by atoms with Crippen molar-refractivity contribution in [2.45, 2.75) is 77.9 Å². The third kappa shape index (κ3) is 4.18. The van der Waals surface area contributed by atoms with Crippen LogP contribution in [0.1, 0.15) is 63.1 Å². The molecule has 0 spiro atoms. The van der Waals surface area contributed by atoms with E-state index in [1.165, 1.54) is 43.4 Å². The Hall–Kier alpha value is -1.36. The lowest BCUT2D eigenvalue weighted by atomic mass is 9.89. The summed E-state index contributed by atoms with van der Waals surface area (Å²) in [6.45, 7) is 7.94. The van der Waals surface area contributed by atoms with E-state index in [9.17, 15) is 4.79 Å². The fourth-order valence-corrected chi connectivity index (χ4v) is 4.12. The van der Waals surface area contributed by atoms with Crippen molar-refractivity contribution in [3.63, 3.8) is 0 Å².